The van der Waals surface area contributed by atoms with Crippen molar-refractivity contribution in [3.63, 3.8) is 0 Å². The molecule has 0 fully saturated rings. The molecule has 0 saturated carbocycles. The van der Waals surface area contributed by atoms with Crippen molar-refractivity contribution in [2.24, 2.45) is 0 Å². The third-order valence-corrected chi connectivity index (χ3v) is 2.91. The van der Waals surface area contributed by atoms with Gasteiger partial charge in [-0.05, 0) is 37.1 Å². The van der Waals surface area contributed by atoms with Crippen molar-refractivity contribution in [2.45, 2.75) is 39.5 Å². The van der Waals surface area contributed by atoms with Crippen LogP contribution in [0.2, 0.25) is 0 Å². The Hall–Kier alpha value is -1.55. The third-order valence-electron chi connectivity index (χ3n) is 2.91. The summed E-state index contributed by atoms with van der Waals surface area (Å²) in [5, 5.41) is 3.30. The van der Waals surface area contributed by atoms with E-state index in [1.165, 1.54) is 11.1 Å². The third kappa shape index (κ3) is 3.23. The Kier molecular flexibility index (Phi) is 4.20. The summed E-state index contributed by atoms with van der Waals surface area (Å²) in [6.07, 6.45) is 0.376. The van der Waals surface area contributed by atoms with Crippen LogP contribution in [0.1, 0.15) is 31.4 Å². The lowest BCUT2D eigenvalue weighted by Crippen LogP contribution is -2.21. The zero-order chi connectivity index (χ0) is 13.0. The number of nitrogens with one attached hydrogen (secondary N) is 1. The summed E-state index contributed by atoms with van der Waals surface area (Å²) in [7, 11) is 0. The van der Waals surface area contributed by atoms with Crippen LogP contribution < -0.4 is 5.32 Å². The van der Waals surface area contributed by atoms with Gasteiger partial charge in [0.1, 0.15) is 0 Å². The van der Waals surface area contributed by atoms with Crippen molar-refractivity contribution in [2.75, 3.05) is 11.9 Å². The second kappa shape index (κ2) is 5.87. The van der Waals surface area contributed by atoms with Gasteiger partial charge in [-0.2, -0.15) is 0 Å². The second-order valence-electron chi connectivity index (χ2n) is 4.53. The minimum absolute atomic E-state index is 0.0596. The molecule has 1 aromatic carbocycles. The molecular formula is C14H19NO3. The molecule has 2 rings (SSSR count). The maximum atomic E-state index is 11.3. The SMILES string of the molecule is CCOC(=O)CC(C)Nc1ccc2c(c1)COC2. The summed E-state index contributed by atoms with van der Waals surface area (Å²) >= 11 is 0. The van der Waals surface area contributed by atoms with E-state index in [4.69, 9.17) is 9.47 Å². The minimum Gasteiger partial charge on any atom is -0.466 e. The Morgan fingerprint density at radius 2 is 2.22 bits per heavy atom. The van der Waals surface area contributed by atoms with Gasteiger partial charge >= 0.3 is 5.97 Å². The number of carbonyl (C=O) groups is 1. The number of fused-ring (bicyclic) bond motifs is 1. The van der Waals surface area contributed by atoms with Gasteiger partial charge in [-0.3, -0.25) is 4.79 Å². The number of benzene rings is 1. The molecule has 1 aliphatic rings. The van der Waals surface area contributed by atoms with Crippen LogP contribution in [0, 0.1) is 0 Å². The molecule has 4 heteroatoms. The number of anilines is 1. The molecule has 0 aromatic heterocycles. The first kappa shape index (κ1) is 12.9. The van der Waals surface area contributed by atoms with Gasteiger partial charge in [0.2, 0.25) is 0 Å². The van der Waals surface area contributed by atoms with Gasteiger partial charge in [0.05, 0.1) is 26.2 Å². The van der Waals surface area contributed by atoms with Gasteiger partial charge in [0.15, 0.2) is 0 Å². The smallest absolute Gasteiger partial charge is 0.307 e. The Morgan fingerprint density at radius 3 is 3.00 bits per heavy atom. The maximum absolute atomic E-state index is 11.3. The standard InChI is InChI=1S/C14H19NO3/c1-3-18-14(16)6-10(2)15-13-5-4-11-8-17-9-12(11)7-13/h4-5,7,10,15H,3,6,8-9H2,1-2H3. The van der Waals surface area contributed by atoms with E-state index in [0.717, 1.165) is 5.69 Å². The van der Waals surface area contributed by atoms with Gasteiger partial charge in [-0.15, -0.1) is 0 Å². The van der Waals surface area contributed by atoms with E-state index in [9.17, 15) is 4.79 Å². The molecule has 1 aromatic rings. The summed E-state index contributed by atoms with van der Waals surface area (Å²) in [5.74, 6) is -0.165. The monoisotopic (exact) mass is 249 g/mol. The van der Waals surface area contributed by atoms with Gasteiger partial charge in [0, 0.05) is 11.7 Å². The van der Waals surface area contributed by atoms with Gasteiger partial charge in [-0.25, -0.2) is 0 Å². The normalized spacial score (nSPS) is 15.0. The molecule has 18 heavy (non-hydrogen) atoms. The maximum Gasteiger partial charge on any atom is 0.307 e. The first-order valence-corrected chi connectivity index (χ1v) is 6.30. The fourth-order valence-electron chi connectivity index (χ4n) is 2.07. The molecule has 0 spiro atoms. The van der Waals surface area contributed by atoms with E-state index >= 15 is 0 Å². The van der Waals surface area contributed by atoms with E-state index in [1.54, 1.807) is 0 Å². The number of ether oxygens (including phenoxy) is 2. The summed E-state index contributed by atoms with van der Waals surface area (Å²) < 4.78 is 10.3. The molecule has 1 atom stereocenters. The Bertz CT molecular complexity index is 431. The molecule has 98 valence electrons. The quantitative estimate of drug-likeness (QED) is 0.814. The predicted molar refractivity (Wildman–Crippen MR) is 69.3 cm³/mol. The van der Waals surface area contributed by atoms with E-state index < -0.39 is 0 Å². The van der Waals surface area contributed by atoms with Crippen LogP contribution in [-0.4, -0.2) is 18.6 Å². The molecule has 1 aliphatic heterocycles. The first-order chi connectivity index (χ1) is 8.69. The molecule has 1 unspecified atom stereocenters. The van der Waals surface area contributed by atoms with Crippen LogP contribution >= 0.6 is 0 Å². The van der Waals surface area contributed by atoms with Gasteiger partial charge < -0.3 is 14.8 Å². The first-order valence-electron chi connectivity index (χ1n) is 6.30. The number of hydrogen-bond acceptors (Lipinski definition) is 4. The molecule has 1 heterocycles. The number of hydrogen-bond donors (Lipinski definition) is 1. The van der Waals surface area contributed by atoms with Crippen LogP contribution in [0.15, 0.2) is 18.2 Å². The van der Waals surface area contributed by atoms with Crippen LogP contribution in [0.25, 0.3) is 0 Å². The average Bonchev–Trinajstić information content (AvgIpc) is 2.76. The number of carbonyl (C=O) groups excluding carboxylic acids is 1. The highest BCUT2D eigenvalue weighted by Gasteiger charge is 2.13. The van der Waals surface area contributed by atoms with Crippen molar-refractivity contribution in [3.05, 3.63) is 29.3 Å². The molecule has 0 aliphatic carbocycles. The topological polar surface area (TPSA) is 47.6 Å². The highest BCUT2D eigenvalue weighted by molar-refractivity contribution is 5.70. The molecule has 0 bridgehead atoms. The lowest BCUT2D eigenvalue weighted by atomic mass is 10.1. The number of rotatable bonds is 5. The molecule has 4 nitrogen and oxygen atoms in total. The molecule has 0 amide bonds. The second-order valence-corrected chi connectivity index (χ2v) is 4.53. The number of esters is 1. The van der Waals surface area contributed by atoms with Crippen molar-refractivity contribution in [3.8, 4) is 0 Å². The summed E-state index contributed by atoms with van der Waals surface area (Å²) in [6.45, 7) is 5.60. The average molecular weight is 249 g/mol. The highest BCUT2D eigenvalue weighted by atomic mass is 16.5. The van der Waals surface area contributed by atoms with Crippen LogP contribution in [0.4, 0.5) is 5.69 Å². The fraction of sp³-hybridized carbons (Fsp3) is 0.500. The van der Waals surface area contributed by atoms with E-state index in [1.807, 2.05) is 19.9 Å². The lowest BCUT2D eigenvalue weighted by Gasteiger charge is -2.15. The zero-order valence-corrected chi connectivity index (χ0v) is 10.9. The van der Waals surface area contributed by atoms with Crippen LogP contribution in [0.3, 0.4) is 0 Å². The summed E-state index contributed by atoms with van der Waals surface area (Å²) in [5.41, 5.74) is 3.50. The van der Waals surface area contributed by atoms with Crippen molar-refractivity contribution >= 4 is 11.7 Å². The Labute approximate surface area is 107 Å². The molecule has 0 radical (unpaired) electrons. The Balaban J connectivity index is 1.91. The van der Waals surface area contributed by atoms with Gasteiger partial charge in [0.25, 0.3) is 0 Å². The van der Waals surface area contributed by atoms with Crippen molar-refractivity contribution in [1.29, 1.82) is 0 Å². The van der Waals surface area contributed by atoms with Crippen LogP contribution in [-0.2, 0) is 27.5 Å². The molecule has 0 saturated heterocycles. The highest BCUT2D eigenvalue weighted by Crippen LogP contribution is 2.23. The fourth-order valence-corrected chi connectivity index (χ4v) is 2.07. The Morgan fingerprint density at radius 1 is 1.44 bits per heavy atom. The molecular weight excluding hydrogens is 230 g/mol. The van der Waals surface area contributed by atoms with Gasteiger partial charge in [-0.1, -0.05) is 6.07 Å². The predicted octanol–water partition coefficient (Wildman–Crippen LogP) is 2.47. The van der Waals surface area contributed by atoms with Crippen molar-refractivity contribution in [1.82, 2.24) is 0 Å². The van der Waals surface area contributed by atoms with E-state index in [-0.39, 0.29) is 12.0 Å². The zero-order valence-electron chi connectivity index (χ0n) is 10.9. The van der Waals surface area contributed by atoms with E-state index in [2.05, 4.69) is 17.4 Å². The summed E-state index contributed by atoms with van der Waals surface area (Å²) in [4.78, 5) is 11.3. The minimum atomic E-state index is -0.165. The molecule has 1 N–H and O–H groups in total. The van der Waals surface area contributed by atoms with E-state index in [0.29, 0.717) is 26.2 Å². The lowest BCUT2D eigenvalue weighted by molar-refractivity contribution is -0.143. The summed E-state index contributed by atoms with van der Waals surface area (Å²) in [6, 6.07) is 6.24. The van der Waals surface area contributed by atoms with Crippen LogP contribution in [0.5, 0.6) is 0 Å². The van der Waals surface area contributed by atoms with Crippen molar-refractivity contribution < 1.29 is 14.3 Å². The largest absolute Gasteiger partial charge is 0.466 e.